The summed E-state index contributed by atoms with van der Waals surface area (Å²) in [6.45, 7) is 3.72. The Morgan fingerprint density at radius 3 is 1.35 bits per heavy atom. The average molecular weight is 354 g/mol. The van der Waals surface area contributed by atoms with Crippen molar-refractivity contribution < 1.29 is 22.5 Å². The lowest BCUT2D eigenvalue weighted by molar-refractivity contribution is 0.250. The van der Waals surface area contributed by atoms with Crippen LogP contribution < -0.4 is 10.6 Å². The summed E-state index contributed by atoms with van der Waals surface area (Å²) in [6.07, 6.45) is 0. The molecule has 0 amide bonds. The normalized spacial score (nSPS) is 16.4. The van der Waals surface area contributed by atoms with Crippen LogP contribution in [0.25, 0.3) is 0 Å². The third-order valence-corrected chi connectivity index (χ3v) is 7.74. The van der Waals surface area contributed by atoms with E-state index in [1.807, 2.05) is 0 Å². The Balaban J connectivity index is 2.44. The van der Waals surface area contributed by atoms with Crippen LogP contribution in [0.5, 0.6) is 0 Å². The Hall–Kier alpha value is -1.22. The van der Waals surface area contributed by atoms with Crippen molar-refractivity contribution in [3.63, 3.8) is 0 Å². The lowest BCUT2D eigenvalue weighted by Crippen LogP contribution is -2.15. The van der Waals surface area contributed by atoms with Crippen molar-refractivity contribution in [2.45, 2.75) is 13.8 Å². The highest BCUT2D eigenvalue weighted by atomic mass is 31.3. The number of benzene rings is 2. The molecule has 23 heavy (non-hydrogen) atoms. The van der Waals surface area contributed by atoms with Crippen LogP contribution in [0.1, 0.15) is 13.8 Å². The summed E-state index contributed by atoms with van der Waals surface area (Å²) in [4.78, 5) is 0. The quantitative estimate of drug-likeness (QED) is 0.668. The molecule has 124 valence electrons. The summed E-state index contributed by atoms with van der Waals surface area (Å²) >= 11 is 0. The number of rotatable bonds is 8. The second kappa shape index (κ2) is 8.05. The van der Waals surface area contributed by atoms with Crippen LogP contribution in [0.3, 0.4) is 0 Å². The molecule has 2 aromatic rings. The highest BCUT2D eigenvalue weighted by molar-refractivity contribution is 7.75. The van der Waals surface area contributed by atoms with Gasteiger partial charge in [-0.2, -0.15) is 0 Å². The largest absolute Gasteiger partial charge is 0.368 e. The van der Waals surface area contributed by atoms with E-state index < -0.39 is 15.2 Å². The van der Waals surface area contributed by atoms with Crippen molar-refractivity contribution in [2.24, 2.45) is 0 Å². The Kier molecular flexibility index (Phi) is 6.34. The molecule has 0 spiro atoms. The SMILES string of the molecule is CCOP(=O)(OP(=O)(OCC)c1ccccc1)c1ccccc1. The lowest BCUT2D eigenvalue weighted by Gasteiger charge is -2.24. The zero-order valence-electron chi connectivity index (χ0n) is 13.1. The second-order valence-electron chi connectivity index (χ2n) is 4.58. The summed E-state index contributed by atoms with van der Waals surface area (Å²) in [7, 11) is -7.55. The van der Waals surface area contributed by atoms with Gasteiger partial charge in [0, 0.05) is 0 Å². The lowest BCUT2D eigenvalue weighted by atomic mass is 10.4. The molecule has 0 radical (unpaired) electrons. The molecule has 5 nitrogen and oxygen atoms in total. The standard InChI is InChI=1S/C16H20O5P2/c1-3-19-22(17,15-11-7-5-8-12-15)21-23(18,20-4-2)16-13-9-6-10-14-16/h5-14H,3-4H2,1-2H3. The predicted octanol–water partition coefficient (Wildman–Crippen LogP) is 4.11. The molecule has 0 bridgehead atoms. The molecule has 2 rings (SSSR count). The van der Waals surface area contributed by atoms with E-state index in [-0.39, 0.29) is 13.2 Å². The van der Waals surface area contributed by atoms with Gasteiger partial charge < -0.3 is 9.05 Å². The zero-order valence-corrected chi connectivity index (χ0v) is 14.9. The van der Waals surface area contributed by atoms with E-state index >= 15 is 0 Å². The van der Waals surface area contributed by atoms with Gasteiger partial charge in [-0.15, -0.1) is 0 Å². The van der Waals surface area contributed by atoms with Crippen molar-refractivity contribution >= 4 is 25.8 Å². The van der Waals surface area contributed by atoms with Crippen LogP contribution in [0, 0.1) is 0 Å². The van der Waals surface area contributed by atoms with Crippen LogP contribution in [0.2, 0.25) is 0 Å². The monoisotopic (exact) mass is 354 g/mol. The Morgan fingerprint density at radius 1 is 0.696 bits per heavy atom. The molecule has 0 aliphatic rings. The number of hydrogen-bond acceptors (Lipinski definition) is 5. The van der Waals surface area contributed by atoms with Gasteiger partial charge in [-0.05, 0) is 38.1 Å². The minimum absolute atomic E-state index is 0.160. The molecule has 0 aliphatic heterocycles. The Morgan fingerprint density at radius 2 is 1.04 bits per heavy atom. The third-order valence-electron chi connectivity index (χ3n) is 2.96. The summed E-state index contributed by atoms with van der Waals surface area (Å²) in [5.41, 5.74) is 0. The molecule has 0 aromatic heterocycles. The summed E-state index contributed by atoms with van der Waals surface area (Å²) in [5, 5.41) is 0.690. The van der Waals surface area contributed by atoms with Crippen LogP contribution in [-0.2, 0) is 22.5 Å². The van der Waals surface area contributed by atoms with Crippen molar-refractivity contribution in [3.8, 4) is 0 Å². The highest BCUT2D eigenvalue weighted by Crippen LogP contribution is 2.63. The minimum atomic E-state index is -3.78. The van der Waals surface area contributed by atoms with Gasteiger partial charge in [-0.25, -0.2) is 4.31 Å². The van der Waals surface area contributed by atoms with E-state index in [2.05, 4.69) is 0 Å². The van der Waals surface area contributed by atoms with Gasteiger partial charge in [0.2, 0.25) is 0 Å². The van der Waals surface area contributed by atoms with Crippen LogP contribution in [-0.4, -0.2) is 13.2 Å². The van der Waals surface area contributed by atoms with Crippen molar-refractivity contribution in [1.29, 1.82) is 0 Å². The molecule has 0 N–H and O–H groups in total. The fourth-order valence-electron chi connectivity index (χ4n) is 1.99. The molecular formula is C16H20O5P2. The molecule has 0 fully saturated rings. The highest BCUT2D eigenvalue weighted by Gasteiger charge is 2.39. The van der Waals surface area contributed by atoms with Gasteiger partial charge in [-0.1, -0.05) is 36.4 Å². The average Bonchev–Trinajstić information content (AvgIpc) is 2.57. The van der Waals surface area contributed by atoms with Crippen LogP contribution in [0.4, 0.5) is 0 Å². The molecule has 0 heterocycles. The van der Waals surface area contributed by atoms with E-state index in [9.17, 15) is 9.13 Å². The summed E-state index contributed by atoms with van der Waals surface area (Å²) < 4.78 is 42.6. The summed E-state index contributed by atoms with van der Waals surface area (Å²) in [6, 6.07) is 17.0. The van der Waals surface area contributed by atoms with Crippen LogP contribution in [0.15, 0.2) is 60.7 Å². The molecule has 2 atom stereocenters. The molecule has 2 unspecified atom stereocenters. The summed E-state index contributed by atoms with van der Waals surface area (Å²) in [5.74, 6) is 0. The molecular weight excluding hydrogens is 334 g/mol. The van der Waals surface area contributed by atoms with Gasteiger partial charge in [0.05, 0.1) is 23.8 Å². The molecule has 7 heteroatoms. The fourth-order valence-corrected chi connectivity index (χ4v) is 6.31. The topological polar surface area (TPSA) is 61.8 Å². The van der Waals surface area contributed by atoms with Crippen molar-refractivity contribution in [1.82, 2.24) is 0 Å². The molecule has 0 saturated heterocycles. The smallest absolute Gasteiger partial charge is 0.305 e. The van der Waals surface area contributed by atoms with Crippen molar-refractivity contribution in [3.05, 3.63) is 60.7 Å². The van der Waals surface area contributed by atoms with Gasteiger partial charge in [0.25, 0.3) is 0 Å². The molecule has 2 aromatic carbocycles. The molecule has 0 saturated carbocycles. The van der Waals surface area contributed by atoms with Crippen molar-refractivity contribution in [2.75, 3.05) is 13.2 Å². The number of hydrogen-bond donors (Lipinski definition) is 0. The van der Waals surface area contributed by atoms with Gasteiger partial charge in [0.15, 0.2) is 0 Å². The van der Waals surface area contributed by atoms with Gasteiger partial charge in [0.1, 0.15) is 0 Å². The third kappa shape index (κ3) is 4.41. The maximum absolute atomic E-state index is 13.2. The first-order valence-corrected chi connectivity index (χ1v) is 10.4. The van der Waals surface area contributed by atoms with Gasteiger partial charge >= 0.3 is 15.2 Å². The predicted molar refractivity (Wildman–Crippen MR) is 91.7 cm³/mol. The van der Waals surface area contributed by atoms with E-state index in [1.54, 1.807) is 74.5 Å². The minimum Gasteiger partial charge on any atom is -0.305 e. The first-order valence-electron chi connectivity index (χ1n) is 7.36. The first kappa shape index (κ1) is 18.1. The van der Waals surface area contributed by atoms with E-state index in [4.69, 9.17) is 13.4 Å². The molecule has 0 aliphatic carbocycles. The van der Waals surface area contributed by atoms with E-state index in [0.29, 0.717) is 10.6 Å². The van der Waals surface area contributed by atoms with E-state index in [1.165, 1.54) is 0 Å². The van der Waals surface area contributed by atoms with Gasteiger partial charge in [-0.3, -0.25) is 9.13 Å². The maximum Gasteiger partial charge on any atom is 0.368 e. The van der Waals surface area contributed by atoms with Crippen LogP contribution >= 0.6 is 15.2 Å². The Bertz CT molecular complexity index is 641. The maximum atomic E-state index is 13.2. The Labute approximate surface area is 136 Å². The fraction of sp³-hybridized carbons (Fsp3) is 0.250. The van der Waals surface area contributed by atoms with E-state index in [0.717, 1.165) is 0 Å². The zero-order chi connectivity index (χ0) is 16.8. The first-order chi connectivity index (χ1) is 11.0. The second-order valence-corrected chi connectivity index (χ2v) is 8.78.